The van der Waals surface area contributed by atoms with Gasteiger partial charge in [0.1, 0.15) is 17.5 Å². The number of hydrogen-bond acceptors (Lipinski definition) is 6. The fourth-order valence-electron chi connectivity index (χ4n) is 3.63. The molecule has 2 aromatic heterocycles. The molecule has 1 unspecified atom stereocenters. The van der Waals surface area contributed by atoms with E-state index < -0.39 is 11.6 Å². The number of H-pyrrole nitrogens is 1. The van der Waals surface area contributed by atoms with Crippen molar-refractivity contribution in [3.05, 3.63) is 59.1 Å². The largest absolute Gasteiger partial charge is 0.334 e. The molecule has 0 amide bonds. The van der Waals surface area contributed by atoms with Crippen molar-refractivity contribution >= 4 is 23.8 Å². The van der Waals surface area contributed by atoms with Gasteiger partial charge in [-0.1, -0.05) is 19.1 Å². The second kappa shape index (κ2) is 8.56. The van der Waals surface area contributed by atoms with Crippen LogP contribution in [0.1, 0.15) is 49.8 Å². The molecule has 1 aliphatic rings. The molecule has 3 aromatic rings. The number of benzene rings is 1. The molecule has 1 saturated heterocycles. The van der Waals surface area contributed by atoms with E-state index in [1.54, 1.807) is 0 Å². The minimum absolute atomic E-state index is 0.253. The van der Waals surface area contributed by atoms with Gasteiger partial charge in [0.15, 0.2) is 5.82 Å². The predicted octanol–water partition coefficient (Wildman–Crippen LogP) is 4.55. The Bertz CT molecular complexity index is 1060. The SMILES string of the molecule is C/C=C/c1cc(Nc2nc(CC)nc(N3CCCC3c3ccc(F)cc3F)n2)n[nH]1. The molecule has 30 heavy (non-hydrogen) atoms. The number of aromatic nitrogens is 5. The van der Waals surface area contributed by atoms with Crippen molar-refractivity contribution in [1.29, 1.82) is 0 Å². The highest BCUT2D eigenvalue weighted by molar-refractivity contribution is 5.55. The van der Waals surface area contributed by atoms with E-state index in [4.69, 9.17) is 0 Å². The number of aryl methyl sites for hydroxylation is 1. The van der Waals surface area contributed by atoms with Gasteiger partial charge in [0.05, 0.1) is 11.7 Å². The summed E-state index contributed by atoms with van der Waals surface area (Å²) in [5.74, 6) is 0.919. The van der Waals surface area contributed by atoms with Gasteiger partial charge in [-0.05, 0) is 31.9 Å². The second-order valence-corrected chi connectivity index (χ2v) is 7.08. The first-order valence-corrected chi connectivity index (χ1v) is 9.99. The molecule has 4 rings (SSSR count). The molecule has 1 aliphatic heterocycles. The second-order valence-electron chi connectivity index (χ2n) is 7.08. The number of rotatable bonds is 6. The van der Waals surface area contributed by atoms with Crippen LogP contribution in [0.15, 0.2) is 30.3 Å². The first-order valence-electron chi connectivity index (χ1n) is 9.99. The number of nitrogens with one attached hydrogen (secondary N) is 2. The molecule has 9 heteroatoms. The van der Waals surface area contributed by atoms with E-state index in [0.29, 0.717) is 42.1 Å². The van der Waals surface area contributed by atoms with Gasteiger partial charge in [-0.25, -0.2) is 8.78 Å². The molecule has 1 atom stereocenters. The molecule has 1 fully saturated rings. The van der Waals surface area contributed by atoms with Crippen molar-refractivity contribution in [2.24, 2.45) is 0 Å². The van der Waals surface area contributed by atoms with E-state index in [9.17, 15) is 8.78 Å². The van der Waals surface area contributed by atoms with Gasteiger partial charge >= 0.3 is 0 Å². The molecular formula is C21H23F2N7. The highest BCUT2D eigenvalue weighted by Crippen LogP contribution is 2.36. The van der Waals surface area contributed by atoms with Crippen LogP contribution in [0.5, 0.6) is 0 Å². The summed E-state index contributed by atoms with van der Waals surface area (Å²) in [7, 11) is 0. The van der Waals surface area contributed by atoms with Crippen molar-refractivity contribution in [3.63, 3.8) is 0 Å². The summed E-state index contributed by atoms with van der Waals surface area (Å²) in [4.78, 5) is 15.5. The van der Waals surface area contributed by atoms with Gasteiger partial charge in [-0.15, -0.1) is 0 Å². The van der Waals surface area contributed by atoms with Crippen LogP contribution in [-0.4, -0.2) is 31.7 Å². The lowest BCUT2D eigenvalue weighted by atomic mass is 10.0. The Morgan fingerprint density at radius 2 is 2.10 bits per heavy atom. The lowest BCUT2D eigenvalue weighted by Crippen LogP contribution is -2.26. The van der Waals surface area contributed by atoms with Gasteiger partial charge in [-0.3, -0.25) is 5.10 Å². The molecular weight excluding hydrogens is 388 g/mol. The topological polar surface area (TPSA) is 82.6 Å². The first kappa shape index (κ1) is 19.9. The fraction of sp³-hybridized carbons (Fsp3) is 0.333. The summed E-state index contributed by atoms with van der Waals surface area (Å²) >= 11 is 0. The summed E-state index contributed by atoms with van der Waals surface area (Å²) in [6.07, 6.45) is 6.04. The van der Waals surface area contributed by atoms with Crippen molar-refractivity contribution in [1.82, 2.24) is 25.1 Å². The smallest absolute Gasteiger partial charge is 0.233 e. The standard InChI is InChI=1S/C21H23F2N7/c1-3-6-14-12-19(29-28-14)25-20-24-18(4-2)26-21(27-20)30-10-5-7-17(30)15-9-8-13(22)11-16(15)23/h3,6,8-9,11-12,17H,4-5,7,10H2,1-2H3,(H2,24,25,26,27,28,29)/b6-3+. The number of allylic oxidation sites excluding steroid dienone is 1. The lowest BCUT2D eigenvalue weighted by Gasteiger charge is -2.26. The van der Waals surface area contributed by atoms with Crippen LogP contribution >= 0.6 is 0 Å². The molecule has 0 aliphatic carbocycles. The lowest BCUT2D eigenvalue weighted by molar-refractivity contribution is 0.552. The average molecular weight is 411 g/mol. The van der Waals surface area contributed by atoms with Crippen LogP contribution < -0.4 is 10.2 Å². The molecule has 2 N–H and O–H groups in total. The van der Waals surface area contributed by atoms with Crippen molar-refractivity contribution in [2.45, 2.75) is 39.2 Å². The van der Waals surface area contributed by atoms with Crippen LogP contribution in [0.2, 0.25) is 0 Å². The van der Waals surface area contributed by atoms with Crippen LogP contribution in [0.25, 0.3) is 6.08 Å². The number of aromatic amines is 1. The number of nitrogens with zero attached hydrogens (tertiary/aromatic N) is 5. The summed E-state index contributed by atoms with van der Waals surface area (Å²) < 4.78 is 27.8. The zero-order valence-corrected chi connectivity index (χ0v) is 16.9. The maximum atomic E-state index is 14.4. The molecule has 3 heterocycles. The van der Waals surface area contributed by atoms with E-state index in [1.807, 2.05) is 37.0 Å². The van der Waals surface area contributed by atoms with Crippen molar-refractivity contribution in [3.8, 4) is 0 Å². The Balaban J connectivity index is 1.64. The van der Waals surface area contributed by atoms with E-state index >= 15 is 0 Å². The quantitative estimate of drug-likeness (QED) is 0.619. The van der Waals surface area contributed by atoms with Gasteiger partial charge in [0.2, 0.25) is 11.9 Å². The molecule has 0 saturated carbocycles. The monoisotopic (exact) mass is 411 g/mol. The molecule has 7 nitrogen and oxygen atoms in total. The zero-order valence-electron chi connectivity index (χ0n) is 16.9. The van der Waals surface area contributed by atoms with E-state index in [2.05, 4.69) is 30.5 Å². The molecule has 156 valence electrons. The average Bonchev–Trinajstić information content (AvgIpc) is 3.38. The summed E-state index contributed by atoms with van der Waals surface area (Å²) in [5, 5.41) is 10.2. The molecule has 0 radical (unpaired) electrons. The summed E-state index contributed by atoms with van der Waals surface area (Å²) in [6.45, 7) is 4.57. The molecule has 0 bridgehead atoms. The Morgan fingerprint density at radius 1 is 1.23 bits per heavy atom. The van der Waals surface area contributed by atoms with Crippen LogP contribution in [0.3, 0.4) is 0 Å². The normalized spacial score (nSPS) is 16.5. The van der Waals surface area contributed by atoms with Gasteiger partial charge in [0, 0.05) is 30.7 Å². The van der Waals surface area contributed by atoms with Gasteiger partial charge in [-0.2, -0.15) is 20.1 Å². The number of halogens is 2. The third-order valence-electron chi connectivity index (χ3n) is 5.00. The third-order valence-corrected chi connectivity index (χ3v) is 5.00. The fourth-order valence-corrected chi connectivity index (χ4v) is 3.63. The number of hydrogen-bond donors (Lipinski definition) is 2. The maximum absolute atomic E-state index is 14.4. The van der Waals surface area contributed by atoms with Crippen molar-refractivity contribution in [2.75, 3.05) is 16.8 Å². The highest BCUT2D eigenvalue weighted by atomic mass is 19.1. The Kier molecular flexibility index (Phi) is 5.69. The minimum atomic E-state index is -0.586. The Morgan fingerprint density at radius 3 is 2.87 bits per heavy atom. The molecule has 1 aromatic carbocycles. The summed E-state index contributed by atoms with van der Waals surface area (Å²) in [6, 6.07) is 5.30. The maximum Gasteiger partial charge on any atom is 0.233 e. The van der Waals surface area contributed by atoms with Crippen LogP contribution in [0.4, 0.5) is 26.5 Å². The van der Waals surface area contributed by atoms with Crippen molar-refractivity contribution < 1.29 is 8.78 Å². The highest BCUT2D eigenvalue weighted by Gasteiger charge is 2.31. The van der Waals surface area contributed by atoms with Crippen LogP contribution in [0, 0.1) is 11.6 Å². The Hall–Kier alpha value is -3.36. The van der Waals surface area contributed by atoms with Gasteiger partial charge in [0.25, 0.3) is 0 Å². The molecule has 0 spiro atoms. The Labute approximate surface area is 173 Å². The third kappa shape index (κ3) is 4.14. The first-order chi connectivity index (χ1) is 14.6. The van der Waals surface area contributed by atoms with E-state index in [0.717, 1.165) is 24.6 Å². The van der Waals surface area contributed by atoms with Crippen LogP contribution in [-0.2, 0) is 6.42 Å². The summed E-state index contributed by atoms with van der Waals surface area (Å²) in [5.41, 5.74) is 1.31. The van der Waals surface area contributed by atoms with Gasteiger partial charge < -0.3 is 10.2 Å². The predicted molar refractivity (Wildman–Crippen MR) is 111 cm³/mol. The van der Waals surface area contributed by atoms with E-state index in [-0.39, 0.29) is 6.04 Å². The minimum Gasteiger partial charge on any atom is -0.334 e. The van der Waals surface area contributed by atoms with E-state index in [1.165, 1.54) is 12.1 Å². The zero-order chi connectivity index (χ0) is 21.1. The number of anilines is 3.